The molecule has 1 amide bonds. The Morgan fingerprint density at radius 1 is 1.13 bits per heavy atom. The first-order valence-corrected chi connectivity index (χ1v) is 11.0. The van der Waals surface area contributed by atoms with Crippen LogP contribution in [0.15, 0.2) is 53.1 Å². The lowest BCUT2D eigenvalue weighted by Gasteiger charge is -2.16. The Balaban J connectivity index is 1.34. The fourth-order valence-corrected chi connectivity index (χ4v) is 3.73. The molecule has 1 fully saturated rings. The van der Waals surface area contributed by atoms with E-state index >= 15 is 0 Å². The number of aryl methyl sites for hydroxylation is 1. The molecule has 3 aromatic rings. The van der Waals surface area contributed by atoms with Crippen LogP contribution in [0.2, 0.25) is 0 Å². The van der Waals surface area contributed by atoms with Crippen LogP contribution >= 0.6 is 0 Å². The van der Waals surface area contributed by atoms with Gasteiger partial charge in [-0.25, -0.2) is 0 Å². The van der Waals surface area contributed by atoms with Gasteiger partial charge < -0.3 is 14.2 Å². The van der Waals surface area contributed by atoms with Gasteiger partial charge in [0, 0.05) is 31.0 Å². The summed E-state index contributed by atoms with van der Waals surface area (Å²) in [6.07, 6.45) is 3.42. The molecule has 2 heterocycles. The van der Waals surface area contributed by atoms with E-state index in [4.69, 9.17) is 9.26 Å². The van der Waals surface area contributed by atoms with Crippen molar-refractivity contribution < 1.29 is 14.1 Å². The maximum Gasteiger partial charge on any atom is 0.257 e. The number of amides is 1. The normalized spacial score (nSPS) is 16.1. The quantitative estimate of drug-likeness (QED) is 0.467. The number of carbonyl (C=O) groups is 1. The predicted octanol–water partition coefficient (Wildman–Crippen LogP) is 4.78. The van der Waals surface area contributed by atoms with E-state index in [2.05, 4.69) is 48.3 Å². The highest BCUT2D eigenvalue weighted by atomic mass is 16.5. The number of hydrogen-bond donors (Lipinski definition) is 0. The van der Waals surface area contributed by atoms with Gasteiger partial charge in [0.2, 0.25) is 5.91 Å². The molecule has 1 atom stereocenters. The monoisotopic (exact) mass is 419 g/mol. The van der Waals surface area contributed by atoms with Crippen molar-refractivity contribution in [2.45, 2.75) is 45.4 Å². The Morgan fingerprint density at radius 2 is 1.90 bits per heavy atom. The first-order chi connectivity index (χ1) is 15.1. The fraction of sp³-hybridized carbons (Fsp3) is 0.400. The maximum atomic E-state index is 12.5. The molecule has 1 aliphatic rings. The topological polar surface area (TPSA) is 68.5 Å². The highest BCUT2D eigenvalue weighted by molar-refractivity contribution is 5.79. The summed E-state index contributed by atoms with van der Waals surface area (Å²) in [6.45, 7) is 6.28. The minimum atomic E-state index is -0.0281. The second-order valence-electron chi connectivity index (χ2n) is 8.16. The molecule has 1 unspecified atom stereocenters. The third kappa shape index (κ3) is 5.32. The molecule has 31 heavy (non-hydrogen) atoms. The van der Waals surface area contributed by atoms with Gasteiger partial charge in [-0.15, -0.1) is 0 Å². The van der Waals surface area contributed by atoms with Crippen LogP contribution in [-0.2, 0) is 11.2 Å². The summed E-state index contributed by atoms with van der Waals surface area (Å²) in [6, 6.07) is 16.1. The largest absolute Gasteiger partial charge is 0.494 e. The van der Waals surface area contributed by atoms with Crippen LogP contribution in [0.3, 0.4) is 0 Å². The zero-order valence-corrected chi connectivity index (χ0v) is 18.2. The highest BCUT2D eigenvalue weighted by Gasteiger charge is 2.33. The van der Waals surface area contributed by atoms with Crippen LogP contribution in [0.4, 0.5) is 0 Å². The summed E-state index contributed by atoms with van der Waals surface area (Å²) in [5.74, 6) is 2.03. The Hall–Kier alpha value is -3.15. The van der Waals surface area contributed by atoms with Gasteiger partial charge in [-0.2, -0.15) is 4.98 Å². The second kappa shape index (κ2) is 9.77. The van der Waals surface area contributed by atoms with Crippen LogP contribution in [0.1, 0.15) is 49.1 Å². The summed E-state index contributed by atoms with van der Waals surface area (Å²) in [5.41, 5.74) is 3.33. The molecular weight excluding hydrogens is 390 g/mol. The lowest BCUT2D eigenvalue weighted by Crippen LogP contribution is -2.27. The molecule has 0 radical (unpaired) electrons. The van der Waals surface area contributed by atoms with Crippen LogP contribution in [0.5, 0.6) is 5.75 Å². The number of nitrogens with zero attached hydrogens (tertiary/aromatic N) is 3. The number of carbonyl (C=O) groups excluding carboxylic acids is 1. The van der Waals surface area contributed by atoms with Crippen LogP contribution in [0, 0.1) is 6.92 Å². The van der Waals surface area contributed by atoms with E-state index in [0.717, 1.165) is 37.2 Å². The molecule has 6 heteroatoms. The number of ether oxygens (including phenoxy) is 1. The van der Waals surface area contributed by atoms with E-state index in [-0.39, 0.29) is 11.8 Å². The standard InChI is InChI=1S/C25H29N3O3/c1-3-4-15-30-22-11-9-20(10-12-22)25-26-24(27-31-25)21-16-23(29)28(17-21)14-13-19-7-5-18(2)6-8-19/h5-12,21H,3-4,13-17H2,1-2H3. The van der Waals surface area contributed by atoms with Crippen molar-refractivity contribution >= 4 is 5.91 Å². The van der Waals surface area contributed by atoms with Crippen molar-refractivity contribution in [1.29, 1.82) is 0 Å². The molecule has 0 N–H and O–H groups in total. The Labute approximate surface area is 183 Å². The van der Waals surface area contributed by atoms with Gasteiger partial charge in [-0.05, 0) is 49.6 Å². The molecule has 6 nitrogen and oxygen atoms in total. The van der Waals surface area contributed by atoms with Gasteiger partial charge >= 0.3 is 0 Å². The molecule has 1 aliphatic heterocycles. The number of benzene rings is 2. The van der Waals surface area contributed by atoms with Crippen molar-refractivity contribution in [2.75, 3.05) is 19.7 Å². The lowest BCUT2D eigenvalue weighted by molar-refractivity contribution is -0.127. The van der Waals surface area contributed by atoms with E-state index in [0.29, 0.717) is 31.2 Å². The first kappa shape index (κ1) is 21.1. The minimum absolute atomic E-state index is 0.0281. The molecule has 0 aliphatic carbocycles. The average Bonchev–Trinajstić information content (AvgIpc) is 3.41. The Kier molecular flexibility index (Phi) is 6.65. The van der Waals surface area contributed by atoms with Gasteiger partial charge in [-0.3, -0.25) is 4.79 Å². The SMILES string of the molecule is CCCCOc1ccc(-c2nc(C3CC(=O)N(CCc4ccc(C)cc4)C3)no2)cc1. The molecule has 0 bridgehead atoms. The number of rotatable bonds is 9. The van der Waals surface area contributed by atoms with Crippen LogP contribution in [0.25, 0.3) is 11.5 Å². The van der Waals surface area contributed by atoms with Gasteiger partial charge in [0.1, 0.15) is 5.75 Å². The lowest BCUT2D eigenvalue weighted by atomic mass is 10.1. The van der Waals surface area contributed by atoms with E-state index in [1.807, 2.05) is 29.2 Å². The Morgan fingerprint density at radius 3 is 2.65 bits per heavy atom. The van der Waals surface area contributed by atoms with Gasteiger partial charge in [0.25, 0.3) is 5.89 Å². The smallest absolute Gasteiger partial charge is 0.257 e. The summed E-state index contributed by atoms with van der Waals surface area (Å²) in [5, 5.41) is 4.16. The third-order valence-electron chi connectivity index (χ3n) is 5.68. The highest BCUT2D eigenvalue weighted by Crippen LogP contribution is 2.29. The zero-order chi connectivity index (χ0) is 21.6. The minimum Gasteiger partial charge on any atom is -0.494 e. The van der Waals surface area contributed by atoms with Crippen molar-refractivity contribution in [2.24, 2.45) is 0 Å². The third-order valence-corrected chi connectivity index (χ3v) is 5.68. The molecule has 1 aromatic heterocycles. The van der Waals surface area contributed by atoms with E-state index < -0.39 is 0 Å². The zero-order valence-electron chi connectivity index (χ0n) is 18.2. The summed E-state index contributed by atoms with van der Waals surface area (Å²) < 4.78 is 11.2. The van der Waals surface area contributed by atoms with E-state index in [9.17, 15) is 4.79 Å². The molecule has 2 aromatic carbocycles. The van der Waals surface area contributed by atoms with E-state index in [1.54, 1.807) is 0 Å². The van der Waals surface area contributed by atoms with Gasteiger partial charge in [-0.1, -0.05) is 48.3 Å². The molecule has 162 valence electrons. The predicted molar refractivity (Wildman–Crippen MR) is 119 cm³/mol. The molecular formula is C25H29N3O3. The molecule has 0 saturated carbocycles. The number of hydrogen-bond acceptors (Lipinski definition) is 5. The van der Waals surface area contributed by atoms with Gasteiger partial charge in [0.15, 0.2) is 5.82 Å². The van der Waals surface area contributed by atoms with E-state index in [1.165, 1.54) is 11.1 Å². The van der Waals surface area contributed by atoms with Crippen molar-refractivity contribution in [1.82, 2.24) is 15.0 Å². The van der Waals surface area contributed by atoms with Crippen molar-refractivity contribution in [3.8, 4) is 17.2 Å². The van der Waals surface area contributed by atoms with Crippen molar-refractivity contribution in [3.63, 3.8) is 0 Å². The number of likely N-dealkylation sites (tertiary alicyclic amines) is 1. The molecule has 0 spiro atoms. The van der Waals surface area contributed by atoms with Gasteiger partial charge in [0.05, 0.1) is 6.61 Å². The number of unbranched alkanes of at least 4 members (excludes halogenated alkanes) is 1. The number of aromatic nitrogens is 2. The maximum absolute atomic E-state index is 12.5. The summed E-state index contributed by atoms with van der Waals surface area (Å²) >= 11 is 0. The average molecular weight is 420 g/mol. The second-order valence-corrected chi connectivity index (χ2v) is 8.16. The van der Waals surface area contributed by atoms with Crippen LogP contribution in [-0.4, -0.2) is 40.6 Å². The molecule has 4 rings (SSSR count). The van der Waals surface area contributed by atoms with Crippen LogP contribution < -0.4 is 4.74 Å². The summed E-state index contributed by atoms with van der Waals surface area (Å²) in [4.78, 5) is 19.0. The first-order valence-electron chi connectivity index (χ1n) is 11.0. The fourth-order valence-electron chi connectivity index (χ4n) is 3.73. The van der Waals surface area contributed by atoms with Crippen molar-refractivity contribution in [3.05, 3.63) is 65.5 Å². The summed E-state index contributed by atoms with van der Waals surface area (Å²) in [7, 11) is 0. The Bertz CT molecular complexity index is 996. The molecule has 1 saturated heterocycles.